The Labute approximate surface area is 108 Å². The van der Waals surface area contributed by atoms with Crippen molar-refractivity contribution in [2.24, 2.45) is 0 Å². The maximum atomic E-state index is 10.7. The van der Waals surface area contributed by atoms with Gasteiger partial charge in [0, 0.05) is 5.69 Å². The van der Waals surface area contributed by atoms with E-state index in [4.69, 9.17) is 11.6 Å². The molecule has 0 saturated heterocycles. The third-order valence-electron chi connectivity index (χ3n) is 2.26. The third-order valence-corrected chi connectivity index (χ3v) is 2.46. The molecular weight excluding hydrogens is 258 g/mol. The van der Waals surface area contributed by atoms with Crippen molar-refractivity contribution in [3.05, 3.63) is 44.6 Å². The van der Waals surface area contributed by atoms with E-state index in [-0.39, 0.29) is 12.4 Å². The molecule has 0 atom stereocenters. The van der Waals surface area contributed by atoms with E-state index in [1.54, 1.807) is 26.1 Å². The molecule has 0 saturated carbocycles. The average molecular weight is 268 g/mol. The van der Waals surface area contributed by atoms with Crippen molar-refractivity contribution in [2.45, 2.75) is 20.4 Å². The number of hydrogen-bond acceptors (Lipinski definition) is 5. The van der Waals surface area contributed by atoms with Crippen molar-refractivity contribution in [2.75, 3.05) is 0 Å². The highest BCUT2D eigenvalue weighted by Crippen LogP contribution is 2.15. The SMILES string of the molecule is Cc1cc(Cl)nc(Cn2cc(C)c([N+](=O)[O-])n2)n1. The van der Waals surface area contributed by atoms with Gasteiger partial charge in [-0.1, -0.05) is 11.6 Å². The molecule has 2 rings (SSSR count). The van der Waals surface area contributed by atoms with Crippen LogP contribution in [0.4, 0.5) is 5.82 Å². The van der Waals surface area contributed by atoms with E-state index in [2.05, 4.69) is 15.1 Å². The molecule has 0 unspecified atom stereocenters. The monoisotopic (exact) mass is 267 g/mol. The number of nitrogens with zero attached hydrogens (tertiary/aromatic N) is 5. The summed E-state index contributed by atoms with van der Waals surface area (Å²) >= 11 is 5.81. The molecule has 0 aliphatic rings. The molecule has 0 N–H and O–H groups in total. The van der Waals surface area contributed by atoms with Gasteiger partial charge >= 0.3 is 5.82 Å². The summed E-state index contributed by atoms with van der Waals surface area (Å²) in [7, 11) is 0. The van der Waals surface area contributed by atoms with Gasteiger partial charge in [-0.15, -0.1) is 0 Å². The molecule has 0 bridgehead atoms. The van der Waals surface area contributed by atoms with Gasteiger partial charge < -0.3 is 10.1 Å². The zero-order valence-electron chi connectivity index (χ0n) is 9.79. The predicted molar refractivity (Wildman–Crippen MR) is 64.5 cm³/mol. The lowest BCUT2D eigenvalue weighted by Crippen LogP contribution is -2.06. The van der Waals surface area contributed by atoms with Crippen LogP contribution in [-0.4, -0.2) is 24.7 Å². The maximum Gasteiger partial charge on any atom is 0.392 e. The first-order valence-corrected chi connectivity index (χ1v) is 5.52. The number of rotatable bonds is 3. The quantitative estimate of drug-likeness (QED) is 0.481. The van der Waals surface area contributed by atoms with Crippen LogP contribution in [0.15, 0.2) is 12.3 Å². The van der Waals surface area contributed by atoms with E-state index >= 15 is 0 Å². The summed E-state index contributed by atoms with van der Waals surface area (Å²) in [6.07, 6.45) is 1.58. The zero-order valence-corrected chi connectivity index (χ0v) is 10.5. The summed E-state index contributed by atoms with van der Waals surface area (Å²) in [5.41, 5.74) is 1.24. The van der Waals surface area contributed by atoms with Crippen LogP contribution in [0.5, 0.6) is 0 Å². The zero-order chi connectivity index (χ0) is 13.3. The van der Waals surface area contributed by atoms with Crippen molar-refractivity contribution in [1.82, 2.24) is 19.7 Å². The van der Waals surface area contributed by atoms with Gasteiger partial charge in [-0.05, 0) is 24.8 Å². The molecule has 94 valence electrons. The molecule has 8 heteroatoms. The molecule has 0 spiro atoms. The average Bonchev–Trinajstić information content (AvgIpc) is 2.57. The Balaban J connectivity index is 2.28. The van der Waals surface area contributed by atoms with Gasteiger partial charge in [-0.3, -0.25) is 0 Å². The second-order valence-electron chi connectivity index (χ2n) is 3.84. The minimum atomic E-state index is -0.518. The van der Waals surface area contributed by atoms with Crippen LogP contribution >= 0.6 is 11.6 Å². The van der Waals surface area contributed by atoms with Crippen LogP contribution in [0.25, 0.3) is 0 Å². The van der Waals surface area contributed by atoms with E-state index in [9.17, 15) is 10.1 Å². The van der Waals surface area contributed by atoms with Gasteiger partial charge in [-0.25, -0.2) is 9.97 Å². The first-order valence-electron chi connectivity index (χ1n) is 5.14. The molecular formula is C10H10ClN5O2. The van der Waals surface area contributed by atoms with Crippen LogP contribution in [0.3, 0.4) is 0 Å². The topological polar surface area (TPSA) is 86.7 Å². The molecule has 0 aromatic carbocycles. The summed E-state index contributed by atoms with van der Waals surface area (Å²) < 4.78 is 1.43. The number of aromatic nitrogens is 4. The largest absolute Gasteiger partial charge is 0.392 e. The summed E-state index contributed by atoms with van der Waals surface area (Å²) in [6.45, 7) is 3.68. The fourth-order valence-corrected chi connectivity index (χ4v) is 1.83. The van der Waals surface area contributed by atoms with Crippen molar-refractivity contribution in [3.8, 4) is 0 Å². The van der Waals surface area contributed by atoms with Crippen LogP contribution < -0.4 is 0 Å². The molecule has 2 heterocycles. The lowest BCUT2D eigenvalue weighted by Gasteiger charge is -1.99. The lowest BCUT2D eigenvalue weighted by molar-refractivity contribution is -0.390. The highest BCUT2D eigenvalue weighted by molar-refractivity contribution is 6.29. The van der Waals surface area contributed by atoms with Crippen LogP contribution in [0.2, 0.25) is 5.15 Å². The number of halogens is 1. The third kappa shape index (κ3) is 2.62. The van der Waals surface area contributed by atoms with Gasteiger partial charge in [0.1, 0.15) is 11.7 Å². The minimum Gasteiger partial charge on any atom is -0.358 e. The summed E-state index contributed by atoms with van der Waals surface area (Å²) in [4.78, 5) is 18.4. The second-order valence-corrected chi connectivity index (χ2v) is 4.23. The maximum absolute atomic E-state index is 10.7. The molecule has 2 aromatic rings. The molecule has 7 nitrogen and oxygen atoms in total. The van der Waals surface area contributed by atoms with Gasteiger partial charge in [0.05, 0.1) is 16.9 Å². The molecule has 0 amide bonds. The van der Waals surface area contributed by atoms with E-state index in [0.717, 1.165) is 5.69 Å². The highest BCUT2D eigenvalue weighted by atomic mass is 35.5. The van der Waals surface area contributed by atoms with Crippen LogP contribution in [0.1, 0.15) is 17.1 Å². The fourth-order valence-electron chi connectivity index (χ4n) is 1.58. The van der Waals surface area contributed by atoms with E-state index < -0.39 is 4.92 Å². The predicted octanol–water partition coefficient (Wildman–Crippen LogP) is 1.90. The number of aryl methyl sites for hydroxylation is 2. The first kappa shape index (κ1) is 12.4. The van der Waals surface area contributed by atoms with E-state index in [0.29, 0.717) is 16.5 Å². The molecule has 0 aliphatic heterocycles. The Bertz CT molecular complexity index is 590. The Morgan fingerprint density at radius 3 is 2.72 bits per heavy atom. The smallest absolute Gasteiger partial charge is 0.358 e. The van der Waals surface area contributed by atoms with E-state index in [1.807, 2.05) is 0 Å². The number of hydrogen-bond donors (Lipinski definition) is 0. The summed E-state index contributed by atoms with van der Waals surface area (Å²) in [5, 5.41) is 14.9. The summed E-state index contributed by atoms with van der Waals surface area (Å²) in [5.74, 6) is 0.311. The Morgan fingerprint density at radius 1 is 1.44 bits per heavy atom. The van der Waals surface area contributed by atoms with Crippen molar-refractivity contribution >= 4 is 17.4 Å². The summed E-state index contributed by atoms with van der Waals surface area (Å²) in [6, 6.07) is 1.64. The Morgan fingerprint density at radius 2 is 2.17 bits per heavy atom. The molecule has 18 heavy (non-hydrogen) atoms. The van der Waals surface area contributed by atoms with Gasteiger partial charge in [0.15, 0.2) is 5.82 Å². The van der Waals surface area contributed by atoms with E-state index in [1.165, 1.54) is 4.68 Å². The van der Waals surface area contributed by atoms with Crippen molar-refractivity contribution in [1.29, 1.82) is 0 Å². The van der Waals surface area contributed by atoms with Crippen LogP contribution in [0, 0.1) is 24.0 Å². The Kier molecular flexibility index (Phi) is 3.24. The Hall–Kier alpha value is -2.02. The van der Waals surface area contributed by atoms with Gasteiger partial charge in [0.25, 0.3) is 0 Å². The van der Waals surface area contributed by atoms with Crippen LogP contribution in [-0.2, 0) is 6.54 Å². The second kappa shape index (κ2) is 4.69. The minimum absolute atomic E-state index is 0.159. The standard InChI is InChI=1S/C10H10ClN5O2/c1-6-4-15(14-10(6)16(17)18)5-9-12-7(2)3-8(11)13-9/h3-4H,5H2,1-2H3. The van der Waals surface area contributed by atoms with Crippen molar-refractivity contribution < 1.29 is 4.92 Å². The van der Waals surface area contributed by atoms with Gasteiger partial charge in [-0.2, -0.15) is 4.68 Å². The highest BCUT2D eigenvalue weighted by Gasteiger charge is 2.17. The lowest BCUT2D eigenvalue weighted by atomic mass is 10.4. The van der Waals surface area contributed by atoms with Crippen molar-refractivity contribution in [3.63, 3.8) is 0 Å². The normalized spacial score (nSPS) is 10.6. The molecule has 0 aliphatic carbocycles. The molecule has 2 aromatic heterocycles. The first-order chi connectivity index (χ1) is 8.45. The number of nitro groups is 1. The fraction of sp³-hybridized carbons (Fsp3) is 0.300. The molecule has 0 radical (unpaired) electrons. The molecule has 0 fully saturated rings. The van der Waals surface area contributed by atoms with Gasteiger partial charge in [0.2, 0.25) is 0 Å².